The molecule has 0 unspecified atom stereocenters. The number of nitrogens with two attached hydrogens (primary N) is 1. The van der Waals surface area contributed by atoms with E-state index in [1.165, 1.54) is 22.5 Å². The van der Waals surface area contributed by atoms with Crippen molar-refractivity contribution >= 4 is 0 Å². The fraction of sp³-hybridized carbons (Fsp3) is 0.400. The molecule has 0 saturated carbocycles. The number of rotatable bonds is 3. The summed E-state index contributed by atoms with van der Waals surface area (Å²) in [5.41, 5.74) is 11.8. The molecule has 1 aromatic carbocycles. The van der Waals surface area contributed by atoms with E-state index in [-0.39, 0.29) is 0 Å². The van der Waals surface area contributed by atoms with Crippen molar-refractivity contribution in [1.29, 1.82) is 0 Å². The smallest absolute Gasteiger partial charge is 0.0707 e. The highest BCUT2D eigenvalue weighted by atomic mass is 15.3. The maximum absolute atomic E-state index is 5.80. The molecule has 0 spiro atoms. The topological polar surface area (TPSA) is 43.8 Å². The number of aromatic nitrogens is 2. The highest BCUT2D eigenvalue weighted by Gasteiger charge is 2.16. The Balaban J connectivity index is 2.68. The second-order valence-corrected chi connectivity index (χ2v) is 5.07. The molecule has 2 rings (SSSR count). The molecular weight excluding hydrogens is 222 g/mol. The Bertz CT molecular complexity index is 533. The first-order chi connectivity index (χ1) is 8.56. The molecule has 0 aliphatic heterocycles. The van der Waals surface area contributed by atoms with Crippen LogP contribution in [0.15, 0.2) is 24.4 Å². The zero-order valence-electron chi connectivity index (χ0n) is 11.6. The van der Waals surface area contributed by atoms with Crippen molar-refractivity contribution in [2.75, 3.05) is 0 Å². The van der Waals surface area contributed by atoms with Crippen LogP contribution in [0.1, 0.15) is 42.1 Å². The van der Waals surface area contributed by atoms with E-state index in [0.29, 0.717) is 12.5 Å². The summed E-state index contributed by atoms with van der Waals surface area (Å²) in [7, 11) is 0. The zero-order chi connectivity index (χ0) is 13.3. The van der Waals surface area contributed by atoms with Gasteiger partial charge in [-0.25, -0.2) is 4.68 Å². The van der Waals surface area contributed by atoms with Crippen molar-refractivity contribution in [2.24, 2.45) is 5.73 Å². The average molecular weight is 243 g/mol. The number of nitrogens with zero attached hydrogens (tertiary/aromatic N) is 2. The van der Waals surface area contributed by atoms with Gasteiger partial charge in [-0.1, -0.05) is 32.0 Å². The second-order valence-electron chi connectivity index (χ2n) is 5.07. The molecule has 0 amide bonds. The van der Waals surface area contributed by atoms with Crippen LogP contribution in [0.2, 0.25) is 0 Å². The first kappa shape index (κ1) is 12.8. The van der Waals surface area contributed by atoms with Crippen molar-refractivity contribution < 1.29 is 0 Å². The van der Waals surface area contributed by atoms with Crippen LogP contribution in [-0.2, 0) is 6.54 Å². The molecule has 2 N–H and O–H groups in total. The molecule has 1 aromatic heterocycles. The van der Waals surface area contributed by atoms with E-state index in [1.54, 1.807) is 0 Å². The minimum Gasteiger partial charge on any atom is -0.326 e. The maximum Gasteiger partial charge on any atom is 0.0707 e. The quantitative estimate of drug-likeness (QED) is 0.900. The van der Waals surface area contributed by atoms with Crippen LogP contribution in [-0.4, -0.2) is 9.78 Å². The lowest BCUT2D eigenvalue weighted by Gasteiger charge is -2.16. The van der Waals surface area contributed by atoms with Gasteiger partial charge in [0.1, 0.15) is 0 Å². The summed E-state index contributed by atoms with van der Waals surface area (Å²) in [6.45, 7) is 9.14. The van der Waals surface area contributed by atoms with Crippen LogP contribution in [0.4, 0.5) is 0 Å². The number of aryl methyl sites for hydroxylation is 2. The molecule has 0 aliphatic carbocycles. The minimum absolute atomic E-state index is 0.407. The number of hydrogen-bond acceptors (Lipinski definition) is 2. The molecule has 2 aromatic rings. The lowest BCUT2D eigenvalue weighted by molar-refractivity contribution is 0.720. The minimum atomic E-state index is 0.407. The molecule has 1 heterocycles. The van der Waals surface area contributed by atoms with Crippen LogP contribution in [0, 0.1) is 13.8 Å². The summed E-state index contributed by atoms with van der Waals surface area (Å²) in [6, 6.07) is 6.32. The van der Waals surface area contributed by atoms with Gasteiger partial charge in [0.15, 0.2) is 0 Å². The van der Waals surface area contributed by atoms with Gasteiger partial charge in [-0.15, -0.1) is 0 Å². The van der Waals surface area contributed by atoms with Gasteiger partial charge in [0.05, 0.1) is 17.6 Å². The molecule has 96 valence electrons. The summed E-state index contributed by atoms with van der Waals surface area (Å²) < 4.78 is 2.05. The normalized spacial score (nSPS) is 11.2. The summed E-state index contributed by atoms with van der Waals surface area (Å²) in [5.74, 6) is 0.407. The van der Waals surface area contributed by atoms with Crippen LogP contribution < -0.4 is 5.73 Å². The van der Waals surface area contributed by atoms with Crippen LogP contribution in [0.25, 0.3) is 5.69 Å². The highest BCUT2D eigenvalue weighted by molar-refractivity contribution is 5.48. The van der Waals surface area contributed by atoms with Gasteiger partial charge in [-0.05, 0) is 30.9 Å². The summed E-state index contributed by atoms with van der Waals surface area (Å²) in [5, 5.41) is 4.54. The molecule has 0 saturated heterocycles. The van der Waals surface area contributed by atoms with Gasteiger partial charge < -0.3 is 5.73 Å². The van der Waals surface area contributed by atoms with Crippen molar-refractivity contribution in [2.45, 2.75) is 40.2 Å². The predicted molar refractivity (Wildman–Crippen MR) is 75.0 cm³/mol. The van der Waals surface area contributed by atoms with Crippen LogP contribution >= 0.6 is 0 Å². The number of para-hydroxylation sites is 1. The fourth-order valence-corrected chi connectivity index (χ4v) is 2.48. The summed E-state index contributed by atoms with van der Waals surface area (Å²) >= 11 is 0. The Hall–Kier alpha value is -1.61. The molecule has 3 heteroatoms. The van der Waals surface area contributed by atoms with Gasteiger partial charge in [0, 0.05) is 12.1 Å². The molecule has 0 fully saturated rings. The van der Waals surface area contributed by atoms with Crippen molar-refractivity contribution in [3.8, 4) is 5.69 Å². The van der Waals surface area contributed by atoms with Crippen molar-refractivity contribution in [1.82, 2.24) is 9.78 Å². The van der Waals surface area contributed by atoms with Gasteiger partial charge in [-0.3, -0.25) is 0 Å². The Kier molecular flexibility index (Phi) is 3.53. The molecule has 18 heavy (non-hydrogen) atoms. The Morgan fingerprint density at radius 2 is 1.83 bits per heavy atom. The first-order valence-corrected chi connectivity index (χ1v) is 6.39. The third-order valence-electron chi connectivity index (χ3n) is 3.30. The molecule has 0 atom stereocenters. The van der Waals surface area contributed by atoms with Gasteiger partial charge in [0.25, 0.3) is 0 Å². The average Bonchev–Trinajstić information content (AvgIpc) is 2.72. The van der Waals surface area contributed by atoms with Crippen molar-refractivity contribution in [3.63, 3.8) is 0 Å². The van der Waals surface area contributed by atoms with Gasteiger partial charge in [-0.2, -0.15) is 5.10 Å². The van der Waals surface area contributed by atoms with E-state index >= 15 is 0 Å². The summed E-state index contributed by atoms with van der Waals surface area (Å²) in [4.78, 5) is 0. The van der Waals surface area contributed by atoms with Crippen LogP contribution in [0.3, 0.4) is 0 Å². The second kappa shape index (κ2) is 4.94. The van der Waals surface area contributed by atoms with E-state index in [2.05, 4.69) is 55.7 Å². The third-order valence-corrected chi connectivity index (χ3v) is 3.30. The van der Waals surface area contributed by atoms with Crippen molar-refractivity contribution in [3.05, 3.63) is 46.8 Å². The monoisotopic (exact) mass is 243 g/mol. The standard InChI is InChI=1S/C15H21N3/c1-10(2)14-13(8-16)9-17-18(14)15-11(3)6-5-7-12(15)4/h5-7,9-10H,8,16H2,1-4H3. The SMILES string of the molecule is Cc1cccc(C)c1-n1ncc(CN)c1C(C)C. The maximum atomic E-state index is 5.80. The molecule has 0 aliphatic rings. The van der Waals surface area contributed by atoms with Gasteiger partial charge in [0.2, 0.25) is 0 Å². The van der Waals surface area contributed by atoms with E-state index in [1.807, 2.05) is 6.20 Å². The lowest BCUT2D eigenvalue weighted by Crippen LogP contribution is -2.10. The van der Waals surface area contributed by atoms with Crippen LogP contribution in [0.5, 0.6) is 0 Å². The molecule has 3 nitrogen and oxygen atoms in total. The Labute approximate surface area is 109 Å². The first-order valence-electron chi connectivity index (χ1n) is 6.39. The third kappa shape index (κ3) is 2.06. The lowest BCUT2D eigenvalue weighted by atomic mass is 10.0. The number of hydrogen-bond donors (Lipinski definition) is 1. The predicted octanol–water partition coefficient (Wildman–Crippen LogP) is 3.07. The fourth-order valence-electron chi connectivity index (χ4n) is 2.48. The number of benzene rings is 1. The Morgan fingerprint density at radius 1 is 1.22 bits per heavy atom. The highest BCUT2D eigenvalue weighted by Crippen LogP contribution is 2.26. The zero-order valence-corrected chi connectivity index (χ0v) is 11.6. The molecule has 0 radical (unpaired) electrons. The molecular formula is C15H21N3. The van der Waals surface area contributed by atoms with Gasteiger partial charge >= 0.3 is 0 Å². The summed E-state index contributed by atoms with van der Waals surface area (Å²) in [6.07, 6.45) is 1.89. The largest absolute Gasteiger partial charge is 0.326 e. The van der Waals surface area contributed by atoms with E-state index in [0.717, 1.165) is 5.56 Å². The van der Waals surface area contributed by atoms with E-state index < -0.39 is 0 Å². The molecule has 0 bridgehead atoms. The van der Waals surface area contributed by atoms with E-state index in [9.17, 15) is 0 Å². The Morgan fingerprint density at radius 3 is 2.33 bits per heavy atom. The van der Waals surface area contributed by atoms with E-state index in [4.69, 9.17) is 5.73 Å².